The molecule has 1 N–H and O–H groups in total. The number of rotatable bonds is 4. The van der Waals surface area contributed by atoms with Crippen molar-refractivity contribution in [2.45, 2.75) is 6.54 Å². The number of halogens is 1. The van der Waals surface area contributed by atoms with Crippen LogP contribution in [0.2, 0.25) is 5.02 Å². The van der Waals surface area contributed by atoms with Crippen LogP contribution in [0, 0.1) is 0 Å². The van der Waals surface area contributed by atoms with E-state index in [9.17, 15) is 0 Å². The van der Waals surface area contributed by atoms with E-state index in [1.54, 1.807) is 16.9 Å². The Labute approximate surface area is 141 Å². The fourth-order valence-corrected chi connectivity index (χ4v) is 3.24. The van der Waals surface area contributed by atoms with Crippen LogP contribution in [-0.2, 0) is 6.54 Å². The molecule has 4 rings (SSSR count). The summed E-state index contributed by atoms with van der Waals surface area (Å²) in [5.41, 5.74) is 2.97. The standard InChI is InChI=1S/C16H12ClN5S/c17-13-5-1-3-11(7-13)8-19-15-21-22-10-14(20-16(22)23-15)12-4-2-6-18-9-12/h1-7,9-10H,8H2,(H,19,21). The lowest BCUT2D eigenvalue weighted by Crippen LogP contribution is -1.99. The second-order valence-corrected chi connectivity index (χ2v) is 6.38. The summed E-state index contributed by atoms with van der Waals surface area (Å²) < 4.78 is 1.79. The molecule has 7 heteroatoms. The summed E-state index contributed by atoms with van der Waals surface area (Å²) in [6.45, 7) is 0.673. The summed E-state index contributed by atoms with van der Waals surface area (Å²) in [5.74, 6) is 0. The number of nitrogens with one attached hydrogen (secondary N) is 1. The third kappa shape index (κ3) is 3.04. The highest BCUT2D eigenvalue weighted by Gasteiger charge is 2.09. The van der Waals surface area contributed by atoms with Crippen LogP contribution in [0.3, 0.4) is 0 Å². The molecule has 0 atom stereocenters. The van der Waals surface area contributed by atoms with E-state index in [0.717, 1.165) is 31.9 Å². The van der Waals surface area contributed by atoms with Crippen molar-refractivity contribution in [3.05, 3.63) is 65.6 Å². The second kappa shape index (κ2) is 5.98. The van der Waals surface area contributed by atoms with Gasteiger partial charge in [-0.3, -0.25) is 4.98 Å². The Morgan fingerprint density at radius 2 is 2.17 bits per heavy atom. The van der Waals surface area contributed by atoms with Gasteiger partial charge in [0.1, 0.15) is 0 Å². The Balaban J connectivity index is 1.53. The number of anilines is 1. The molecule has 114 valence electrons. The molecule has 0 saturated carbocycles. The van der Waals surface area contributed by atoms with Crippen LogP contribution in [0.25, 0.3) is 16.2 Å². The van der Waals surface area contributed by atoms with Crippen LogP contribution >= 0.6 is 22.9 Å². The Morgan fingerprint density at radius 3 is 2.96 bits per heavy atom. The maximum Gasteiger partial charge on any atom is 0.214 e. The molecule has 0 aliphatic heterocycles. The van der Waals surface area contributed by atoms with Gasteiger partial charge in [-0.05, 0) is 29.8 Å². The van der Waals surface area contributed by atoms with Crippen molar-refractivity contribution < 1.29 is 0 Å². The average Bonchev–Trinajstić information content (AvgIpc) is 3.12. The highest BCUT2D eigenvalue weighted by atomic mass is 35.5. The van der Waals surface area contributed by atoms with E-state index in [0.29, 0.717) is 6.54 Å². The van der Waals surface area contributed by atoms with Crippen LogP contribution in [0.15, 0.2) is 55.0 Å². The molecule has 0 saturated heterocycles. The first kappa shape index (κ1) is 14.2. The minimum absolute atomic E-state index is 0.673. The lowest BCUT2D eigenvalue weighted by molar-refractivity contribution is 0.962. The third-order valence-corrected chi connectivity index (χ3v) is 4.45. The number of aromatic nitrogens is 4. The average molecular weight is 342 g/mol. The molecule has 0 amide bonds. The van der Waals surface area contributed by atoms with Crippen LogP contribution < -0.4 is 5.32 Å². The van der Waals surface area contributed by atoms with Gasteiger partial charge >= 0.3 is 0 Å². The van der Waals surface area contributed by atoms with Crippen molar-refractivity contribution in [2.24, 2.45) is 0 Å². The van der Waals surface area contributed by atoms with Crippen molar-refractivity contribution in [3.8, 4) is 11.3 Å². The summed E-state index contributed by atoms with van der Waals surface area (Å²) in [5, 5.41) is 9.36. The summed E-state index contributed by atoms with van der Waals surface area (Å²) in [4.78, 5) is 9.55. The van der Waals surface area contributed by atoms with Gasteiger partial charge < -0.3 is 5.32 Å². The molecule has 0 radical (unpaired) electrons. The number of hydrogen-bond acceptors (Lipinski definition) is 5. The molecule has 1 aromatic carbocycles. The van der Waals surface area contributed by atoms with Gasteiger partial charge in [0.05, 0.1) is 11.9 Å². The first-order valence-electron chi connectivity index (χ1n) is 7.03. The molecule has 0 bridgehead atoms. The number of hydrogen-bond donors (Lipinski definition) is 1. The molecule has 3 heterocycles. The lowest BCUT2D eigenvalue weighted by atomic mass is 10.2. The molecule has 3 aromatic heterocycles. The van der Waals surface area contributed by atoms with E-state index >= 15 is 0 Å². The van der Waals surface area contributed by atoms with Crippen molar-refractivity contribution >= 4 is 33.0 Å². The zero-order valence-corrected chi connectivity index (χ0v) is 13.6. The largest absolute Gasteiger partial charge is 0.356 e. The first-order chi connectivity index (χ1) is 11.3. The number of pyridine rings is 1. The molecule has 5 nitrogen and oxygen atoms in total. The SMILES string of the molecule is Clc1cccc(CNc2nn3cc(-c4cccnc4)nc3s2)c1. The Bertz CT molecular complexity index is 916. The number of fused-ring (bicyclic) bond motifs is 1. The molecule has 4 aromatic rings. The zero-order valence-electron chi connectivity index (χ0n) is 12.0. The summed E-state index contributed by atoms with van der Waals surface area (Å²) in [6, 6.07) is 11.6. The minimum Gasteiger partial charge on any atom is -0.356 e. The Kier molecular flexibility index (Phi) is 3.69. The van der Waals surface area contributed by atoms with Gasteiger partial charge in [0.2, 0.25) is 10.1 Å². The van der Waals surface area contributed by atoms with Crippen molar-refractivity contribution in [2.75, 3.05) is 5.32 Å². The lowest BCUT2D eigenvalue weighted by Gasteiger charge is -2.02. The molecule has 0 fully saturated rings. The minimum atomic E-state index is 0.673. The van der Waals surface area contributed by atoms with Gasteiger partial charge in [0, 0.05) is 29.5 Å². The van der Waals surface area contributed by atoms with E-state index in [-0.39, 0.29) is 0 Å². The normalized spacial score (nSPS) is 11.0. The van der Waals surface area contributed by atoms with Gasteiger partial charge in [0.15, 0.2) is 0 Å². The quantitative estimate of drug-likeness (QED) is 0.606. The van der Waals surface area contributed by atoms with E-state index < -0.39 is 0 Å². The van der Waals surface area contributed by atoms with Crippen LogP contribution in [-0.4, -0.2) is 19.6 Å². The van der Waals surface area contributed by atoms with Gasteiger partial charge in [-0.25, -0.2) is 9.50 Å². The smallest absolute Gasteiger partial charge is 0.214 e. The molecule has 0 aliphatic rings. The van der Waals surface area contributed by atoms with Crippen molar-refractivity contribution in [3.63, 3.8) is 0 Å². The Morgan fingerprint density at radius 1 is 1.22 bits per heavy atom. The predicted octanol–water partition coefficient (Wildman–Crippen LogP) is 4.12. The number of imidazole rings is 1. The summed E-state index contributed by atoms with van der Waals surface area (Å²) in [6.07, 6.45) is 5.45. The van der Waals surface area contributed by atoms with Gasteiger partial charge in [-0.15, -0.1) is 5.10 Å². The maximum atomic E-state index is 5.99. The van der Waals surface area contributed by atoms with E-state index in [2.05, 4.69) is 20.4 Å². The summed E-state index contributed by atoms with van der Waals surface area (Å²) >= 11 is 7.50. The first-order valence-corrected chi connectivity index (χ1v) is 8.22. The monoisotopic (exact) mass is 341 g/mol. The van der Waals surface area contributed by atoms with Crippen LogP contribution in [0.4, 0.5) is 5.13 Å². The highest BCUT2D eigenvalue weighted by molar-refractivity contribution is 7.20. The van der Waals surface area contributed by atoms with E-state index in [1.807, 2.05) is 42.6 Å². The molecule has 0 unspecified atom stereocenters. The van der Waals surface area contributed by atoms with E-state index in [1.165, 1.54) is 11.3 Å². The molecule has 0 spiro atoms. The van der Waals surface area contributed by atoms with Crippen molar-refractivity contribution in [1.82, 2.24) is 19.6 Å². The summed E-state index contributed by atoms with van der Waals surface area (Å²) in [7, 11) is 0. The molecular weight excluding hydrogens is 330 g/mol. The van der Waals surface area contributed by atoms with Crippen LogP contribution in [0.1, 0.15) is 5.56 Å². The molecule has 23 heavy (non-hydrogen) atoms. The van der Waals surface area contributed by atoms with Crippen molar-refractivity contribution in [1.29, 1.82) is 0 Å². The van der Waals surface area contributed by atoms with E-state index in [4.69, 9.17) is 11.6 Å². The third-order valence-electron chi connectivity index (χ3n) is 3.33. The fourth-order valence-electron chi connectivity index (χ4n) is 2.25. The van der Waals surface area contributed by atoms with Gasteiger partial charge in [-0.2, -0.15) is 0 Å². The Hall–Kier alpha value is -2.44. The number of benzene rings is 1. The maximum absolute atomic E-state index is 5.99. The fraction of sp³-hybridized carbons (Fsp3) is 0.0625. The van der Waals surface area contributed by atoms with Gasteiger partial charge in [-0.1, -0.05) is 35.1 Å². The van der Waals surface area contributed by atoms with Crippen LogP contribution in [0.5, 0.6) is 0 Å². The number of nitrogens with zero attached hydrogens (tertiary/aromatic N) is 4. The van der Waals surface area contributed by atoms with Gasteiger partial charge in [0.25, 0.3) is 0 Å². The molecule has 0 aliphatic carbocycles. The molecular formula is C16H12ClN5S. The highest BCUT2D eigenvalue weighted by Crippen LogP contribution is 2.24. The second-order valence-electron chi connectivity index (χ2n) is 4.99. The zero-order chi connectivity index (χ0) is 15.6. The topological polar surface area (TPSA) is 55.1 Å². The predicted molar refractivity (Wildman–Crippen MR) is 92.9 cm³/mol.